The second-order valence-electron chi connectivity index (χ2n) is 5.58. The third-order valence-electron chi connectivity index (χ3n) is 3.82. The van der Waals surface area contributed by atoms with Crippen molar-refractivity contribution in [3.63, 3.8) is 0 Å². The van der Waals surface area contributed by atoms with Gasteiger partial charge in [0.15, 0.2) is 5.69 Å². The summed E-state index contributed by atoms with van der Waals surface area (Å²) in [6.45, 7) is 4.41. The highest BCUT2D eigenvalue weighted by atomic mass is 35.5. The first-order valence-electron chi connectivity index (χ1n) is 7.42. The Morgan fingerprint density at radius 1 is 1.42 bits per heavy atom. The molecule has 0 aliphatic carbocycles. The maximum absolute atomic E-state index is 12.4. The van der Waals surface area contributed by atoms with Gasteiger partial charge in [-0.3, -0.25) is 4.79 Å². The van der Waals surface area contributed by atoms with Crippen LogP contribution in [0.25, 0.3) is 0 Å². The molecule has 1 aliphatic heterocycles. The molecule has 0 bridgehead atoms. The van der Waals surface area contributed by atoms with Crippen LogP contribution < -0.4 is 5.32 Å². The number of aromatic nitrogens is 4. The Kier molecular flexibility index (Phi) is 8.08. The number of halogens is 2. The van der Waals surface area contributed by atoms with E-state index < -0.39 is 0 Å². The molecule has 0 atom stereocenters. The van der Waals surface area contributed by atoms with E-state index in [1.165, 1.54) is 0 Å². The molecule has 0 spiro atoms. The van der Waals surface area contributed by atoms with Gasteiger partial charge in [-0.1, -0.05) is 5.21 Å². The average molecular weight is 393 g/mol. The minimum absolute atomic E-state index is 0. The van der Waals surface area contributed by atoms with Crippen molar-refractivity contribution in [2.75, 3.05) is 20.1 Å². The summed E-state index contributed by atoms with van der Waals surface area (Å²) in [6.07, 6.45) is 3.80. The molecule has 1 N–H and O–H groups in total. The van der Waals surface area contributed by atoms with E-state index in [0.29, 0.717) is 18.3 Å². The number of carbonyl (C=O) groups excluding carboxylic acids is 1. The van der Waals surface area contributed by atoms with Crippen molar-refractivity contribution >= 4 is 42.1 Å². The summed E-state index contributed by atoms with van der Waals surface area (Å²) in [5.41, 5.74) is 1.30. The topological polar surface area (TPSA) is 75.9 Å². The van der Waals surface area contributed by atoms with E-state index in [-0.39, 0.29) is 30.7 Å². The molecule has 24 heavy (non-hydrogen) atoms. The Morgan fingerprint density at radius 3 is 2.75 bits per heavy atom. The summed E-state index contributed by atoms with van der Waals surface area (Å²) in [5, 5.41) is 14.5. The zero-order valence-electron chi connectivity index (χ0n) is 13.6. The summed E-state index contributed by atoms with van der Waals surface area (Å²) in [5.74, 6) is -0.120. The molecule has 7 nitrogen and oxygen atoms in total. The standard InChI is InChI=1S/C14H20N6OS.2ClH/c1-10-16-11(9-22-10)7-19(2)14(21)13-8-20(18-17-13)12-3-5-15-6-4-12;;/h8-9,12,15H,3-7H2,1-2H3;2*1H. The first-order valence-corrected chi connectivity index (χ1v) is 8.30. The molecule has 3 heterocycles. The van der Waals surface area contributed by atoms with Crippen molar-refractivity contribution in [2.24, 2.45) is 0 Å². The van der Waals surface area contributed by atoms with E-state index >= 15 is 0 Å². The highest BCUT2D eigenvalue weighted by Gasteiger charge is 2.21. The Balaban J connectivity index is 0.00000144. The second-order valence-corrected chi connectivity index (χ2v) is 6.65. The predicted molar refractivity (Wildman–Crippen MR) is 98.3 cm³/mol. The summed E-state index contributed by atoms with van der Waals surface area (Å²) < 4.78 is 1.83. The molecule has 1 saturated heterocycles. The quantitative estimate of drug-likeness (QED) is 0.861. The molecule has 1 amide bonds. The number of nitrogens with one attached hydrogen (secondary N) is 1. The number of nitrogens with zero attached hydrogens (tertiary/aromatic N) is 5. The second kappa shape index (κ2) is 9.31. The van der Waals surface area contributed by atoms with Gasteiger partial charge < -0.3 is 10.2 Å². The van der Waals surface area contributed by atoms with Crippen molar-refractivity contribution in [3.05, 3.63) is 28.0 Å². The van der Waals surface area contributed by atoms with Gasteiger partial charge >= 0.3 is 0 Å². The van der Waals surface area contributed by atoms with Crippen LogP contribution in [-0.4, -0.2) is 50.9 Å². The third kappa shape index (κ3) is 4.89. The van der Waals surface area contributed by atoms with Crippen molar-refractivity contribution < 1.29 is 4.79 Å². The van der Waals surface area contributed by atoms with Crippen LogP contribution in [0.3, 0.4) is 0 Å². The van der Waals surface area contributed by atoms with Crippen LogP contribution in [0, 0.1) is 6.92 Å². The van der Waals surface area contributed by atoms with Crippen LogP contribution in [0.1, 0.15) is 40.1 Å². The fourth-order valence-electron chi connectivity index (χ4n) is 2.62. The molecule has 3 rings (SSSR count). The van der Waals surface area contributed by atoms with Gasteiger partial charge in [-0.05, 0) is 32.9 Å². The van der Waals surface area contributed by atoms with E-state index in [1.54, 1.807) is 29.5 Å². The average Bonchev–Trinajstić information content (AvgIpc) is 3.17. The summed E-state index contributed by atoms with van der Waals surface area (Å²) in [6, 6.07) is 0.335. The molecular formula is C14H22Cl2N6OS. The normalized spacial score (nSPS) is 14.6. The zero-order chi connectivity index (χ0) is 15.5. The van der Waals surface area contributed by atoms with E-state index in [9.17, 15) is 4.79 Å². The van der Waals surface area contributed by atoms with E-state index in [1.807, 2.05) is 17.0 Å². The molecule has 1 aliphatic rings. The smallest absolute Gasteiger partial charge is 0.276 e. The molecular weight excluding hydrogens is 371 g/mol. The summed E-state index contributed by atoms with van der Waals surface area (Å²) >= 11 is 1.59. The van der Waals surface area contributed by atoms with Crippen molar-refractivity contribution in [1.82, 2.24) is 30.2 Å². The van der Waals surface area contributed by atoms with Gasteiger partial charge in [0.2, 0.25) is 0 Å². The van der Waals surface area contributed by atoms with E-state index in [4.69, 9.17) is 0 Å². The first-order chi connectivity index (χ1) is 10.6. The van der Waals surface area contributed by atoms with Crippen molar-refractivity contribution in [1.29, 1.82) is 0 Å². The number of carbonyl (C=O) groups is 1. The van der Waals surface area contributed by atoms with Crippen LogP contribution in [-0.2, 0) is 6.54 Å². The molecule has 10 heteroatoms. The first kappa shape index (κ1) is 20.8. The molecule has 0 aromatic carbocycles. The molecule has 2 aromatic heterocycles. The highest BCUT2D eigenvalue weighted by Crippen LogP contribution is 2.17. The number of rotatable bonds is 4. The highest BCUT2D eigenvalue weighted by molar-refractivity contribution is 7.09. The van der Waals surface area contributed by atoms with Gasteiger partial charge in [0.05, 0.1) is 29.5 Å². The maximum Gasteiger partial charge on any atom is 0.276 e. The molecule has 1 fully saturated rings. The monoisotopic (exact) mass is 392 g/mol. The minimum Gasteiger partial charge on any atom is -0.334 e. The lowest BCUT2D eigenvalue weighted by Gasteiger charge is -2.22. The lowest BCUT2D eigenvalue weighted by Crippen LogP contribution is -2.29. The molecule has 0 radical (unpaired) electrons. The number of amides is 1. The van der Waals surface area contributed by atoms with Crippen LogP contribution in [0.5, 0.6) is 0 Å². The van der Waals surface area contributed by atoms with Crippen molar-refractivity contribution in [2.45, 2.75) is 32.4 Å². The lowest BCUT2D eigenvalue weighted by molar-refractivity contribution is 0.0777. The van der Waals surface area contributed by atoms with E-state index in [2.05, 4.69) is 20.6 Å². The Labute approximate surface area is 157 Å². The van der Waals surface area contributed by atoms with Gasteiger partial charge in [-0.2, -0.15) is 0 Å². The van der Waals surface area contributed by atoms with Crippen molar-refractivity contribution in [3.8, 4) is 0 Å². The van der Waals surface area contributed by atoms with Gasteiger partial charge in [-0.25, -0.2) is 9.67 Å². The van der Waals surface area contributed by atoms with Crippen LogP contribution in [0.2, 0.25) is 0 Å². The number of thiazole rings is 1. The Hall–Kier alpha value is -1.22. The van der Waals surface area contributed by atoms with Gasteiger partial charge in [-0.15, -0.1) is 41.2 Å². The van der Waals surface area contributed by atoms with Crippen LogP contribution >= 0.6 is 36.2 Å². The van der Waals surface area contributed by atoms with E-state index in [0.717, 1.165) is 36.6 Å². The van der Waals surface area contributed by atoms with Gasteiger partial charge in [0.1, 0.15) is 0 Å². The summed E-state index contributed by atoms with van der Waals surface area (Å²) in [7, 11) is 1.76. The number of aryl methyl sites for hydroxylation is 1. The predicted octanol–water partition coefficient (Wildman–Crippen LogP) is 2.08. The fourth-order valence-corrected chi connectivity index (χ4v) is 3.22. The van der Waals surface area contributed by atoms with Gasteiger partial charge in [0.25, 0.3) is 5.91 Å². The number of hydrogen-bond donors (Lipinski definition) is 1. The number of hydrogen-bond acceptors (Lipinski definition) is 6. The van der Waals surface area contributed by atoms with Crippen LogP contribution in [0.4, 0.5) is 0 Å². The van der Waals surface area contributed by atoms with Gasteiger partial charge in [0, 0.05) is 12.4 Å². The third-order valence-corrected chi connectivity index (χ3v) is 4.65. The Morgan fingerprint density at radius 2 is 2.12 bits per heavy atom. The molecule has 0 saturated carbocycles. The summed E-state index contributed by atoms with van der Waals surface area (Å²) in [4.78, 5) is 18.4. The maximum atomic E-state index is 12.4. The Bertz CT molecular complexity index is 655. The van der Waals surface area contributed by atoms with Crippen LogP contribution in [0.15, 0.2) is 11.6 Å². The largest absolute Gasteiger partial charge is 0.334 e. The fraction of sp³-hybridized carbons (Fsp3) is 0.571. The molecule has 2 aromatic rings. The lowest BCUT2D eigenvalue weighted by atomic mass is 10.1. The number of piperidine rings is 1. The molecule has 0 unspecified atom stereocenters. The minimum atomic E-state index is -0.120. The molecule has 134 valence electrons. The SMILES string of the molecule is Cc1nc(CN(C)C(=O)c2cn(C3CCNCC3)nn2)cs1.Cl.Cl. The zero-order valence-corrected chi connectivity index (χ0v) is 16.1.